The fourth-order valence-corrected chi connectivity index (χ4v) is 2.56. The summed E-state index contributed by atoms with van der Waals surface area (Å²) in [5.74, 6) is 0.134. The van der Waals surface area contributed by atoms with Crippen LogP contribution in [0.15, 0.2) is 18.2 Å². The van der Waals surface area contributed by atoms with E-state index in [1.165, 1.54) is 0 Å². The number of nitrogens with zero attached hydrogens (tertiary/aromatic N) is 1. The highest BCUT2D eigenvalue weighted by Crippen LogP contribution is 2.25. The third-order valence-electron chi connectivity index (χ3n) is 3.01. The number of halogens is 2. The number of benzene rings is 1. The summed E-state index contributed by atoms with van der Waals surface area (Å²) < 4.78 is 5.21. The van der Waals surface area contributed by atoms with E-state index in [1.54, 1.807) is 18.2 Å². The molecule has 1 amide bonds. The molecule has 3 nitrogen and oxygen atoms in total. The van der Waals surface area contributed by atoms with Gasteiger partial charge in [0, 0.05) is 29.6 Å². The summed E-state index contributed by atoms with van der Waals surface area (Å²) in [7, 11) is 0. The zero-order valence-electron chi connectivity index (χ0n) is 9.99. The molecule has 18 heavy (non-hydrogen) atoms. The number of hydrogen-bond acceptors (Lipinski definition) is 2. The summed E-state index contributed by atoms with van der Waals surface area (Å²) >= 11 is 12.1. The van der Waals surface area contributed by atoms with Gasteiger partial charge in [-0.2, -0.15) is 0 Å². The Bertz CT molecular complexity index is 411. The van der Waals surface area contributed by atoms with Crippen LogP contribution in [0.1, 0.15) is 12.0 Å². The fourth-order valence-electron chi connectivity index (χ4n) is 1.97. The van der Waals surface area contributed by atoms with Gasteiger partial charge in [-0.3, -0.25) is 4.79 Å². The second-order valence-corrected chi connectivity index (χ2v) is 5.01. The van der Waals surface area contributed by atoms with Crippen molar-refractivity contribution in [1.29, 1.82) is 0 Å². The summed E-state index contributed by atoms with van der Waals surface area (Å²) in [5.41, 5.74) is 0.849. The lowest BCUT2D eigenvalue weighted by Gasteiger charge is -2.27. The van der Waals surface area contributed by atoms with Crippen molar-refractivity contribution in [1.82, 2.24) is 4.90 Å². The van der Waals surface area contributed by atoms with Gasteiger partial charge in [-0.25, -0.2) is 0 Å². The van der Waals surface area contributed by atoms with Crippen molar-refractivity contribution in [2.75, 3.05) is 26.3 Å². The van der Waals surface area contributed by atoms with Gasteiger partial charge in [0.1, 0.15) is 0 Å². The highest BCUT2D eigenvalue weighted by atomic mass is 35.5. The van der Waals surface area contributed by atoms with Crippen LogP contribution in [0.25, 0.3) is 0 Å². The van der Waals surface area contributed by atoms with Crippen LogP contribution in [-0.4, -0.2) is 37.1 Å². The SMILES string of the molecule is O=C(CCc1c(Cl)cccc1Cl)N1CCOCC1. The Hall–Kier alpha value is -0.770. The molecular weight excluding hydrogens is 273 g/mol. The van der Waals surface area contributed by atoms with Crippen molar-refractivity contribution in [3.8, 4) is 0 Å². The summed E-state index contributed by atoms with van der Waals surface area (Å²) in [6.07, 6.45) is 1.01. The van der Waals surface area contributed by atoms with E-state index in [1.807, 2.05) is 4.90 Å². The van der Waals surface area contributed by atoms with Crippen LogP contribution in [0.4, 0.5) is 0 Å². The minimum Gasteiger partial charge on any atom is -0.378 e. The molecule has 1 aromatic rings. The number of morpholine rings is 1. The topological polar surface area (TPSA) is 29.5 Å². The maximum Gasteiger partial charge on any atom is 0.223 e. The fraction of sp³-hybridized carbons (Fsp3) is 0.462. The van der Waals surface area contributed by atoms with Crippen LogP contribution in [0, 0.1) is 0 Å². The first-order chi connectivity index (χ1) is 8.68. The largest absolute Gasteiger partial charge is 0.378 e. The summed E-state index contributed by atoms with van der Waals surface area (Å²) in [4.78, 5) is 13.8. The van der Waals surface area contributed by atoms with Crippen LogP contribution < -0.4 is 0 Å². The van der Waals surface area contributed by atoms with Gasteiger partial charge >= 0.3 is 0 Å². The molecule has 0 unspecified atom stereocenters. The van der Waals surface area contributed by atoms with Crippen molar-refractivity contribution in [2.24, 2.45) is 0 Å². The zero-order chi connectivity index (χ0) is 13.0. The molecule has 1 aliphatic rings. The Labute approximate surface area is 117 Å². The molecule has 1 heterocycles. The minimum atomic E-state index is 0.134. The van der Waals surface area contributed by atoms with Crippen molar-refractivity contribution in [3.05, 3.63) is 33.8 Å². The van der Waals surface area contributed by atoms with E-state index in [0.29, 0.717) is 49.2 Å². The highest BCUT2D eigenvalue weighted by Gasteiger charge is 2.17. The van der Waals surface area contributed by atoms with E-state index in [9.17, 15) is 4.79 Å². The molecule has 1 fully saturated rings. The lowest BCUT2D eigenvalue weighted by molar-refractivity contribution is -0.135. The summed E-state index contributed by atoms with van der Waals surface area (Å²) in [6, 6.07) is 5.39. The molecule has 1 aliphatic heterocycles. The molecule has 5 heteroatoms. The van der Waals surface area contributed by atoms with E-state index in [-0.39, 0.29) is 5.91 Å². The summed E-state index contributed by atoms with van der Waals surface area (Å²) in [5, 5.41) is 1.24. The van der Waals surface area contributed by atoms with Gasteiger partial charge in [0.25, 0.3) is 0 Å². The molecule has 0 radical (unpaired) electrons. The van der Waals surface area contributed by atoms with Crippen LogP contribution >= 0.6 is 23.2 Å². The number of rotatable bonds is 3. The molecule has 0 N–H and O–H groups in total. The Morgan fingerprint density at radius 3 is 2.44 bits per heavy atom. The van der Waals surface area contributed by atoms with Crippen molar-refractivity contribution < 1.29 is 9.53 Å². The van der Waals surface area contributed by atoms with Crippen molar-refractivity contribution in [2.45, 2.75) is 12.8 Å². The van der Waals surface area contributed by atoms with E-state index in [2.05, 4.69) is 0 Å². The maximum atomic E-state index is 12.0. The van der Waals surface area contributed by atoms with E-state index in [4.69, 9.17) is 27.9 Å². The lowest BCUT2D eigenvalue weighted by Crippen LogP contribution is -2.40. The monoisotopic (exact) mass is 287 g/mol. The molecule has 0 atom stereocenters. The van der Waals surface area contributed by atoms with E-state index in [0.717, 1.165) is 5.56 Å². The Balaban J connectivity index is 1.92. The van der Waals surface area contributed by atoms with E-state index >= 15 is 0 Å². The number of amides is 1. The molecular formula is C13H15Cl2NO2. The molecule has 98 valence electrons. The third kappa shape index (κ3) is 3.37. The lowest BCUT2D eigenvalue weighted by atomic mass is 10.1. The third-order valence-corrected chi connectivity index (χ3v) is 3.72. The molecule has 0 aromatic heterocycles. The first kappa shape index (κ1) is 13.7. The van der Waals surface area contributed by atoms with Gasteiger partial charge in [0.05, 0.1) is 13.2 Å². The molecule has 1 aromatic carbocycles. The van der Waals surface area contributed by atoms with Gasteiger partial charge in [-0.05, 0) is 24.1 Å². The van der Waals surface area contributed by atoms with Crippen LogP contribution in [0.3, 0.4) is 0 Å². The van der Waals surface area contributed by atoms with Gasteiger partial charge in [-0.15, -0.1) is 0 Å². The average Bonchev–Trinajstić information content (AvgIpc) is 2.39. The predicted octanol–water partition coefficient (Wildman–Crippen LogP) is 2.78. The van der Waals surface area contributed by atoms with Gasteiger partial charge in [-0.1, -0.05) is 29.3 Å². The Morgan fingerprint density at radius 1 is 1.22 bits per heavy atom. The summed E-state index contributed by atoms with van der Waals surface area (Å²) in [6.45, 7) is 2.60. The van der Waals surface area contributed by atoms with E-state index < -0.39 is 0 Å². The van der Waals surface area contributed by atoms with Crippen LogP contribution in [0.5, 0.6) is 0 Å². The van der Waals surface area contributed by atoms with Gasteiger partial charge < -0.3 is 9.64 Å². The minimum absolute atomic E-state index is 0.134. The van der Waals surface area contributed by atoms with Crippen molar-refractivity contribution in [3.63, 3.8) is 0 Å². The number of ether oxygens (including phenoxy) is 1. The Morgan fingerprint density at radius 2 is 1.83 bits per heavy atom. The molecule has 0 aliphatic carbocycles. The first-order valence-corrected chi connectivity index (χ1v) is 6.72. The standard InChI is InChI=1S/C13H15Cl2NO2/c14-11-2-1-3-12(15)10(11)4-5-13(17)16-6-8-18-9-7-16/h1-3H,4-9H2. The number of hydrogen-bond donors (Lipinski definition) is 0. The highest BCUT2D eigenvalue weighted by molar-refractivity contribution is 6.36. The van der Waals surface area contributed by atoms with Crippen LogP contribution in [-0.2, 0) is 16.0 Å². The normalized spacial score (nSPS) is 15.8. The predicted molar refractivity (Wildman–Crippen MR) is 72.2 cm³/mol. The molecule has 2 rings (SSSR count). The zero-order valence-corrected chi connectivity index (χ0v) is 11.5. The smallest absolute Gasteiger partial charge is 0.223 e. The number of carbonyl (C=O) groups excluding carboxylic acids is 1. The quantitative estimate of drug-likeness (QED) is 0.856. The number of carbonyl (C=O) groups is 1. The molecule has 1 saturated heterocycles. The Kier molecular flexibility index (Phi) is 4.87. The average molecular weight is 288 g/mol. The second-order valence-electron chi connectivity index (χ2n) is 4.19. The van der Waals surface area contributed by atoms with Gasteiger partial charge in [0.2, 0.25) is 5.91 Å². The first-order valence-electron chi connectivity index (χ1n) is 5.97. The van der Waals surface area contributed by atoms with Gasteiger partial charge in [0.15, 0.2) is 0 Å². The van der Waals surface area contributed by atoms with Crippen molar-refractivity contribution >= 4 is 29.1 Å². The van der Waals surface area contributed by atoms with Crippen LogP contribution in [0.2, 0.25) is 10.0 Å². The molecule has 0 spiro atoms. The molecule has 0 bridgehead atoms. The second kappa shape index (κ2) is 6.41. The molecule has 0 saturated carbocycles. The maximum absolute atomic E-state index is 12.0.